The molecule has 1 atom stereocenters. The Morgan fingerprint density at radius 3 is 2.55 bits per heavy atom. The molecule has 160 valence electrons. The summed E-state index contributed by atoms with van der Waals surface area (Å²) in [6, 6.07) is 13.9. The molecule has 0 fully saturated rings. The van der Waals surface area contributed by atoms with Crippen molar-refractivity contribution in [1.82, 2.24) is 0 Å². The Kier molecular flexibility index (Phi) is 5.60. The van der Waals surface area contributed by atoms with Gasteiger partial charge in [-0.1, -0.05) is 29.8 Å². The highest BCUT2D eigenvalue weighted by Crippen LogP contribution is 2.43. The number of anilines is 1. The number of benzene rings is 2. The van der Waals surface area contributed by atoms with Crippen LogP contribution in [0, 0.1) is 13.8 Å². The van der Waals surface area contributed by atoms with Crippen molar-refractivity contribution in [3.63, 3.8) is 0 Å². The monoisotopic (exact) mass is 439 g/mol. The van der Waals surface area contributed by atoms with E-state index in [1.807, 2.05) is 0 Å². The number of nitrogens with zero attached hydrogens (tertiary/aromatic N) is 1. The number of carbonyl (C=O) groups excluding carboxylic acids is 2. The molecule has 1 amide bonds. The van der Waals surface area contributed by atoms with Gasteiger partial charge in [-0.3, -0.25) is 9.59 Å². The van der Waals surface area contributed by atoms with Gasteiger partial charge in [0, 0.05) is 10.6 Å². The lowest BCUT2D eigenvalue weighted by Gasteiger charge is -2.23. The van der Waals surface area contributed by atoms with Crippen LogP contribution in [0.4, 0.5) is 5.69 Å². The number of aliphatic hydroxyl groups is 1. The summed E-state index contributed by atoms with van der Waals surface area (Å²) in [5.74, 6) is 0.216. The number of rotatable bonds is 7. The van der Waals surface area contributed by atoms with E-state index >= 15 is 0 Å². The third kappa shape index (κ3) is 3.84. The molecule has 7 heteroatoms. The van der Waals surface area contributed by atoms with Gasteiger partial charge in [0.15, 0.2) is 11.4 Å². The molecule has 1 aliphatic heterocycles. The number of ether oxygens (including phenoxy) is 1. The molecule has 0 bridgehead atoms. The number of halogens is 1. The predicted octanol–water partition coefficient (Wildman–Crippen LogP) is 4.44. The Labute approximate surface area is 185 Å². The third-order valence-corrected chi connectivity index (χ3v) is 5.74. The lowest BCUT2D eigenvalue weighted by atomic mass is 9.87. The Bertz CT molecular complexity index is 1120. The van der Waals surface area contributed by atoms with Gasteiger partial charge in [0.25, 0.3) is 5.91 Å². The van der Waals surface area contributed by atoms with Gasteiger partial charge in [-0.2, -0.15) is 0 Å². The fourth-order valence-corrected chi connectivity index (χ4v) is 4.12. The van der Waals surface area contributed by atoms with Gasteiger partial charge in [-0.05, 0) is 49.7 Å². The second-order valence-electron chi connectivity index (χ2n) is 7.59. The van der Waals surface area contributed by atoms with Crippen LogP contribution in [0.3, 0.4) is 0 Å². The predicted molar refractivity (Wildman–Crippen MR) is 117 cm³/mol. The van der Waals surface area contributed by atoms with Crippen molar-refractivity contribution < 1.29 is 23.8 Å². The van der Waals surface area contributed by atoms with Crippen LogP contribution in [0.15, 0.2) is 59.2 Å². The van der Waals surface area contributed by atoms with E-state index in [0.29, 0.717) is 38.9 Å². The summed E-state index contributed by atoms with van der Waals surface area (Å²) >= 11 is 5.88. The van der Waals surface area contributed by atoms with Crippen molar-refractivity contribution in [2.75, 3.05) is 18.1 Å². The van der Waals surface area contributed by atoms with E-state index in [1.54, 1.807) is 62.4 Å². The fraction of sp³-hybridized carbons (Fsp3) is 0.250. The van der Waals surface area contributed by atoms with E-state index in [2.05, 4.69) is 0 Å². The Morgan fingerprint density at radius 1 is 1.16 bits per heavy atom. The number of carbonyl (C=O) groups is 2. The summed E-state index contributed by atoms with van der Waals surface area (Å²) in [5.41, 5.74) is 0.132. The van der Waals surface area contributed by atoms with Crippen LogP contribution in [0.25, 0.3) is 0 Å². The molecule has 0 radical (unpaired) electrons. The minimum absolute atomic E-state index is 0.214. The van der Waals surface area contributed by atoms with Crippen molar-refractivity contribution in [3.8, 4) is 5.75 Å². The molecule has 3 aromatic rings. The second kappa shape index (κ2) is 8.21. The van der Waals surface area contributed by atoms with Crippen LogP contribution in [0.5, 0.6) is 5.75 Å². The largest absolute Gasteiger partial charge is 0.492 e. The zero-order chi connectivity index (χ0) is 22.2. The standard InChI is InChI=1S/C24H22ClNO5/c1-15-14-31-16(2)22(15)21(27)13-24(29)19-5-3-4-6-20(19)26(23(24)28)11-12-30-18-9-7-17(25)8-10-18/h3-10,14,29H,11-13H2,1-2H3. The van der Waals surface area contributed by atoms with Gasteiger partial charge in [0.05, 0.1) is 30.5 Å². The average Bonchev–Trinajstić information content (AvgIpc) is 3.19. The zero-order valence-electron chi connectivity index (χ0n) is 17.2. The Morgan fingerprint density at radius 2 is 1.87 bits per heavy atom. The van der Waals surface area contributed by atoms with Crippen molar-refractivity contribution in [1.29, 1.82) is 0 Å². The van der Waals surface area contributed by atoms with Gasteiger partial charge in [-0.15, -0.1) is 0 Å². The van der Waals surface area contributed by atoms with Crippen LogP contribution >= 0.6 is 11.6 Å². The highest BCUT2D eigenvalue weighted by atomic mass is 35.5. The van der Waals surface area contributed by atoms with Crippen molar-refractivity contribution in [3.05, 3.63) is 82.3 Å². The van der Waals surface area contributed by atoms with Crippen LogP contribution in [-0.2, 0) is 10.4 Å². The van der Waals surface area contributed by atoms with Gasteiger partial charge < -0.3 is 19.2 Å². The Hall–Kier alpha value is -3.09. The second-order valence-corrected chi connectivity index (χ2v) is 8.02. The van der Waals surface area contributed by atoms with Crippen LogP contribution < -0.4 is 9.64 Å². The molecule has 6 nitrogen and oxygen atoms in total. The minimum atomic E-state index is -1.94. The van der Waals surface area contributed by atoms with Crippen LogP contribution in [-0.4, -0.2) is 29.9 Å². The lowest BCUT2D eigenvalue weighted by Crippen LogP contribution is -2.43. The SMILES string of the molecule is Cc1coc(C)c1C(=O)CC1(O)C(=O)N(CCOc2ccc(Cl)cc2)c2ccccc21. The number of aryl methyl sites for hydroxylation is 2. The van der Waals surface area contributed by atoms with E-state index in [0.717, 1.165) is 0 Å². The first-order valence-corrected chi connectivity index (χ1v) is 10.3. The maximum atomic E-state index is 13.3. The summed E-state index contributed by atoms with van der Waals surface area (Å²) in [5, 5.41) is 12.0. The fourth-order valence-electron chi connectivity index (χ4n) is 3.99. The number of fused-ring (bicyclic) bond motifs is 1. The van der Waals surface area contributed by atoms with Gasteiger partial charge in [0.2, 0.25) is 0 Å². The number of para-hydroxylation sites is 1. The van der Waals surface area contributed by atoms with E-state index in [1.165, 1.54) is 11.2 Å². The molecule has 31 heavy (non-hydrogen) atoms. The highest BCUT2D eigenvalue weighted by Gasteiger charge is 2.51. The summed E-state index contributed by atoms with van der Waals surface area (Å²) in [6.07, 6.45) is 1.13. The number of hydrogen-bond acceptors (Lipinski definition) is 5. The topological polar surface area (TPSA) is 80.0 Å². The number of ketones is 1. The minimum Gasteiger partial charge on any atom is -0.492 e. The lowest BCUT2D eigenvalue weighted by molar-refractivity contribution is -0.135. The molecule has 1 aliphatic rings. The number of Topliss-reactive ketones (excluding diaryl/α,β-unsaturated/α-hetero) is 1. The molecule has 1 N–H and O–H groups in total. The molecule has 2 heterocycles. The van der Waals surface area contributed by atoms with E-state index in [-0.39, 0.29) is 25.4 Å². The molecule has 4 rings (SSSR count). The summed E-state index contributed by atoms with van der Waals surface area (Å²) < 4.78 is 11.0. The van der Waals surface area contributed by atoms with Gasteiger partial charge in [-0.25, -0.2) is 0 Å². The Balaban J connectivity index is 1.55. The first kappa shape index (κ1) is 21.2. The van der Waals surface area contributed by atoms with E-state index in [4.69, 9.17) is 20.8 Å². The molecular formula is C24H22ClNO5. The molecule has 2 aromatic carbocycles. The maximum Gasteiger partial charge on any atom is 0.264 e. The molecule has 0 aliphatic carbocycles. The molecule has 0 saturated carbocycles. The number of amides is 1. The number of furan rings is 1. The number of hydrogen-bond donors (Lipinski definition) is 1. The first-order chi connectivity index (χ1) is 14.8. The van der Waals surface area contributed by atoms with Crippen LogP contribution in [0.2, 0.25) is 5.02 Å². The van der Waals surface area contributed by atoms with Crippen LogP contribution in [0.1, 0.15) is 33.7 Å². The molecule has 1 aromatic heterocycles. The normalized spacial score (nSPS) is 17.7. The average molecular weight is 440 g/mol. The van der Waals surface area contributed by atoms with Crippen molar-refractivity contribution in [2.45, 2.75) is 25.9 Å². The van der Waals surface area contributed by atoms with E-state index in [9.17, 15) is 14.7 Å². The summed E-state index contributed by atoms with van der Waals surface area (Å²) in [7, 11) is 0. The van der Waals surface area contributed by atoms with Gasteiger partial charge >= 0.3 is 0 Å². The summed E-state index contributed by atoms with van der Waals surface area (Å²) in [6.45, 7) is 3.89. The van der Waals surface area contributed by atoms with Crippen molar-refractivity contribution >= 4 is 29.0 Å². The van der Waals surface area contributed by atoms with E-state index < -0.39 is 11.5 Å². The van der Waals surface area contributed by atoms with Gasteiger partial charge in [0.1, 0.15) is 18.1 Å². The maximum absolute atomic E-state index is 13.3. The third-order valence-electron chi connectivity index (χ3n) is 5.49. The molecule has 1 unspecified atom stereocenters. The summed E-state index contributed by atoms with van der Waals surface area (Å²) in [4.78, 5) is 27.7. The highest BCUT2D eigenvalue weighted by molar-refractivity contribution is 6.30. The quantitative estimate of drug-likeness (QED) is 0.550. The van der Waals surface area contributed by atoms with Crippen molar-refractivity contribution in [2.24, 2.45) is 0 Å². The smallest absolute Gasteiger partial charge is 0.264 e. The molecule has 0 spiro atoms. The zero-order valence-corrected chi connectivity index (χ0v) is 18.0. The molecule has 0 saturated heterocycles. The molecular weight excluding hydrogens is 418 g/mol. The first-order valence-electron chi connectivity index (χ1n) is 9.91.